The lowest BCUT2D eigenvalue weighted by Crippen LogP contribution is -2.27. The van der Waals surface area contributed by atoms with Gasteiger partial charge in [-0.1, -0.05) is 33.7 Å². The quantitative estimate of drug-likeness (QED) is 0.0686. The van der Waals surface area contributed by atoms with Gasteiger partial charge in [-0.3, -0.25) is 9.59 Å². The van der Waals surface area contributed by atoms with E-state index in [1.807, 2.05) is 45.9 Å². The average Bonchev–Trinajstić information content (AvgIpc) is 3.73. The second-order valence-corrected chi connectivity index (χ2v) is 11.9. The topological polar surface area (TPSA) is 165 Å². The fourth-order valence-corrected chi connectivity index (χ4v) is 5.73. The van der Waals surface area contributed by atoms with E-state index in [9.17, 15) is 9.59 Å². The molecular formula is C28H36N10O2S2. The zero-order valence-electron chi connectivity index (χ0n) is 23.3. The van der Waals surface area contributed by atoms with E-state index < -0.39 is 0 Å². The highest BCUT2D eigenvalue weighted by molar-refractivity contribution is 8.76. The number of imidazole rings is 2. The number of pyridine rings is 2. The Labute approximate surface area is 252 Å². The number of hydrogen-bond acceptors (Lipinski definition) is 10. The molecule has 222 valence electrons. The lowest BCUT2D eigenvalue weighted by atomic mass is 10.2. The Balaban J connectivity index is 1.01. The number of aromatic nitrogens is 6. The number of H-pyrrole nitrogens is 2. The van der Waals surface area contributed by atoms with Gasteiger partial charge in [-0.2, -0.15) is 0 Å². The van der Waals surface area contributed by atoms with Crippen molar-refractivity contribution in [3.63, 3.8) is 0 Å². The van der Waals surface area contributed by atoms with Gasteiger partial charge >= 0.3 is 0 Å². The maximum atomic E-state index is 12.4. The van der Waals surface area contributed by atoms with Crippen LogP contribution in [-0.2, 0) is 25.9 Å². The first-order valence-corrected chi connectivity index (χ1v) is 16.2. The lowest BCUT2D eigenvalue weighted by molar-refractivity contribution is 0.0940. The Morgan fingerprint density at radius 1 is 0.667 bits per heavy atom. The van der Waals surface area contributed by atoms with Gasteiger partial charge in [0.05, 0.1) is 24.0 Å². The fraction of sp³-hybridized carbons (Fsp3) is 0.357. The van der Waals surface area contributed by atoms with Gasteiger partial charge in [0, 0.05) is 87.4 Å². The van der Waals surface area contributed by atoms with Crippen LogP contribution in [0, 0.1) is 0 Å². The zero-order chi connectivity index (χ0) is 29.2. The van der Waals surface area contributed by atoms with E-state index in [0.717, 1.165) is 47.4 Å². The van der Waals surface area contributed by atoms with Crippen molar-refractivity contribution in [2.75, 3.05) is 37.7 Å². The van der Waals surface area contributed by atoms with Crippen LogP contribution in [0.1, 0.15) is 43.8 Å². The van der Waals surface area contributed by atoms with Gasteiger partial charge in [0.25, 0.3) is 11.8 Å². The summed E-state index contributed by atoms with van der Waals surface area (Å²) in [7, 11) is 3.62. The molecule has 0 radical (unpaired) electrons. The van der Waals surface area contributed by atoms with Crippen LogP contribution >= 0.6 is 21.6 Å². The number of hydrogen-bond donors (Lipinski definition) is 6. The molecule has 12 nitrogen and oxygen atoms in total. The first-order valence-electron chi connectivity index (χ1n) is 13.8. The Morgan fingerprint density at radius 2 is 1.14 bits per heavy atom. The second kappa shape index (κ2) is 18.0. The average molecular weight is 609 g/mol. The van der Waals surface area contributed by atoms with Crippen LogP contribution in [-0.4, -0.2) is 79.4 Å². The van der Waals surface area contributed by atoms with Gasteiger partial charge in [-0.05, 0) is 24.3 Å². The number of amides is 2. The molecule has 4 heterocycles. The van der Waals surface area contributed by atoms with Crippen LogP contribution in [0.2, 0.25) is 0 Å². The molecule has 0 saturated heterocycles. The molecule has 0 aliphatic rings. The summed E-state index contributed by atoms with van der Waals surface area (Å²) < 4.78 is 0. The minimum atomic E-state index is -0.178. The Hall–Kier alpha value is -3.72. The molecular weight excluding hydrogens is 573 g/mol. The van der Waals surface area contributed by atoms with E-state index >= 15 is 0 Å². The molecule has 2 amide bonds. The van der Waals surface area contributed by atoms with Crippen molar-refractivity contribution < 1.29 is 9.59 Å². The van der Waals surface area contributed by atoms with E-state index in [1.54, 1.807) is 37.2 Å². The number of rotatable bonds is 19. The third-order valence-corrected chi connectivity index (χ3v) is 8.38. The smallest absolute Gasteiger partial charge is 0.269 e. The second-order valence-electron chi connectivity index (χ2n) is 9.19. The number of carbonyl (C=O) groups is 2. The standard InChI is InChI=1S/C28H36N10O2S2/c39-27(33-9-7-21-15-31-19-35-21)25-5-1-3-23(37-25)17-29-11-13-41-42-14-12-30-18-24-4-2-6-26(38-24)28(40)34-10-8-22-16-32-20-36-22/h1-6,15-16,19-20,29-30H,7-14,17-18H2,(H,31,35)(H,32,36)(H,33,39)(H,34,40). The Bertz CT molecular complexity index is 1250. The molecule has 4 aromatic rings. The summed E-state index contributed by atoms with van der Waals surface area (Å²) in [5.41, 5.74) is 4.47. The SMILES string of the molecule is O=C(NCCc1cnc[nH]1)c1cccc(CNCCSSCCNCc2cccc(C(=O)NCCc3cnc[nH]3)n2)n1. The van der Waals surface area contributed by atoms with Crippen molar-refractivity contribution in [1.29, 1.82) is 0 Å². The van der Waals surface area contributed by atoms with E-state index in [2.05, 4.69) is 51.2 Å². The van der Waals surface area contributed by atoms with Crippen molar-refractivity contribution in [3.05, 3.63) is 95.6 Å². The maximum absolute atomic E-state index is 12.4. The number of aromatic amines is 2. The molecule has 0 aliphatic heterocycles. The van der Waals surface area contributed by atoms with Gasteiger partial charge in [0.1, 0.15) is 11.4 Å². The summed E-state index contributed by atoms with van der Waals surface area (Å²) in [4.78, 5) is 47.7. The summed E-state index contributed by atoms with van der Waals surface area (Å²) in [5, 5.41) is 12.6. The molecule has 4 rings (SSSR count). The normalized spacial score (nSPS) is 11.0. The van der Waals surface area contributed by atoms with E-state index in [4.69, 9.17) is 0 Å². The minimum absolute atomic E-state index is 0.178. The Morgan fingerprint density at radius 3 is 1.57 bits per heavy atom. The van der Waals surface area contributed by atoms with Gasteiger partial charge in [0.2, 0.25) is 0 Å². The molecule has 0 atom stereocenters. The van der Waals surface area contributed by atoms with Gasteiger partial charge in [-0.25, -0.2) is 19.9 Å². The number of carbonyl (C=O) groups excluding carboxylic acids is 2. The monoisotopic (exact) mass is 608 g/mol. The maximum Gasteiger partial charge on any atom is 0.269 e. The van der Waals surface area contributed by atoms with Crippen molar-refractivity contribution in [3.8, 4) is 0 Å². The molecule has 0 unspecified atom stereocenters. The van der Waals surface area contributed by atoms with Gasteiger partial charge < -0.3 is 31.2 Å². The molecule has 0 aromatic carbocycles. The Kier molecular flexibility index (Phi) is 13.3. The van der Waals surface area contributed by atoms with Gasteiger partial charge in [-0.15, -0.1) is 0 Å². The first kappa shape index (κ1) is 31.2. The summed E-state index contributed by atoms with van der Waals surface area (Å²) in [6.45, 7) is 3.94. The summed E-state index contributed by atoms with van der Waals surface area (Å²) in [6.07, 6.45) is 8.14. The third kappa shape index (κ3) is 11.3. The summed E-state index contributed by atoms with van der Waals surface area (Å²) in [5.74, 6) is 1.56. The molecule has 0 saturated carbocycles. The number of nitrogens with one attached hydrogen (secondary N) is 6. The summed E-state index contributed by atoms with van der Waals surface area (Å²) >= 11 is 0. The van der Waals surface area contributed by atoms with Crippen molar-refractivity contribution >= 4 is 33.4 Å². The largest absolute Gasteiger partial charge is 0.350 e. The summed E-state index contributed by atoms with van der Waals surface area (Å²) in [6, 6.07) is 11.0. The van der Waals surface area contributed by atoms with Crippen LogP contribution in [0.5, 0.6) is 0 Å². The first-order chi connectivity index (χ1) is 20.7. The van der Waals surface area contributed by atoms with Crippen molar-refractivity contribution in [1.82, 2.24) is 51.2 Å². The van der Waals surface area contributed by atoms with Gasteiger partial charge in [0.15, 0.2) is 0 Å². The minimum Gasteiger partial charge on any atom is -0.350 e. The van der Waals surface area contributed by atoms with Crippen LogP contribution in [0.15, 0.2) is 61.4 Å². The molecule has 42 heavy (non-hydrogen) atoms. The molecule has 6 N–H and O–H groups in total. The highest BCUT2D eigenvalue weighted by Gasteiger charge is 2.09. The van der Waals surface area contributed by atoms with Crippen LogP contribution in [0.4, 0.5) is 0 Å². The van der Waals surface area contributed by atoms with E-state index in [-0.39, 0.29) is 11.8 Å². The zero-order valence-corrected chi connectivity index (χ0v) is 24.9. The molecule has 0 spiro atoms. The van der Waals surface area contributed by atoms with Crippen LogP contribution < -0.4 is 21.3 Å². The fourth-order valence-electron chi connectivity index (χ4n) is 3.83. The predicted molar refractivity (Wildman–Crippen MR) is 166 cm³/mol. The highest BCUT2D eigenvalue weighted by atomic mass is 33.1. The number of nitrogens with zero attached hydrogens (tertiary/aromatic N) is 4. The van der Waals surface area contributed by atoms with Crippen molar-refractivity contribution in [2.24, 2.45) is 0 Å². The third-order valence-electron chi connectivity index (χ3n) is 5.97. The molecule has 4 aromatic heterocycles. The van der Waals surface area contributed by atoms with E-state index in [0.29, 0.717) is 50.4 Å². The lowest BCUT2D eigenvalue weighted by Gasteiger charge is -2.08. The molecule has 14 heteroatoms. The predicted octanol–water partition coefficient (Wildman–Crippen LogP) is 2.13. The van der Waals surface area contributed by atoms with Crippen molar-refractivity contribution in [2.45, 2.75) is 25.9 Å². The van der Waals surface area contributed by atoms with Crippen LogP contribution in [0.3, 0.4) is 0 Å². The molecule has 0 fully saturated rings. The highest BCUT2D eigenvalue weighted by Crippen LogP contribution is 2.19. The molecule has 0 aliphatic carbocycles. The van der Waals surface area contributed by atoms with Crippen LogP contribution in [0.25, 0.3) is 0 Å². The van der Waals surface area contributed by atoms with E-state index in [1.165, 1.54) is 0 Å². The molecule has 0 bridgehead atoms.